The predicted octanol–water partition coefficient (Wildman–Crippen LogP) is 3.51. The number of carbonyl (C=O) groups excluding carboxylic acids is 1. The average molecular weight is 336 g/mol. The molecule has 4 rings (SSSR count). The van der Waals surface area contributed by atoms with Crippen molar-refractivity contribution in [3.63, 3.8) is 0 Å². The van der Waals surface area contributed by atoms with Crippen LogP contribution in [0.2, 0.25) is 0 Å². The molecule has 1 aliphatic rings. The number of fused-ring (bicyclic) bond motifs is 3. The lowest BCUT2D eigenvalue weighted by molar-refractivity contribution is -0.114. The van der Waals surface area contributed by atoms with Crippen LogP contribution < -0.4 is 11.1 Å². The molecule has 3 N–H and O–H groups in total. The van der Waals surface area contributed by atoms with Crippen molar-refractivity contribution in [1.29, 1.82) is 0 Å². The zero-order valence-corrected chi connectivity index (χ0v) is 14.0. The SMILES string of the molecule is CC(=O)Nc1nc2c(nc1-c1cccs1)-c1ccc(N)cc1CC2. The summed E-state index contributed by atoms with van der Waals surface area (Å²) in [5.41, 5.74) is 11.4. The zero-order chi connectivity index (χ0) is 16.7. The quantitative estimate of drug-likeness (QED) is 0.702. The van der Waals surface area contributed by atoms with Gasteiger partial charge in [0.15, 0.2) is 5.82 Å². The number of nitrogens with two attached hydrogens (primary N) is 1. The predicted molar refractivity (Wildman–Crippen MR) is 96.9 cm³/mol. The summed E-state index contributed by atoms with van der Waals surface area (Å²) in [6.45, 7) is 1.48. The number of thiophene rings is 1. The third kappa shape index (κ3) is 2.55. The van der Waals surface area contributed by atoms with E-state index in [9.17, 15) is 4.79 Å². The molecule has 0 fully saturated rings. The van der Waals surface area contributed by atoms with Gasteiger partial charge in [-0.1, -0.05) is 12.1 Å². The molecule has 0 atom stereocenters. The van der Waals surface area contributed by atoms with Crippen LogP contribution in [-0.4, -0.2) is 15.9 Å². The Labute approximate surface area is 143 Å². The number of amides is 1. The van der Waals surface area contributed by atoms with Gasteiger partial charge in [-0.2, -0.15) is 0 Å². The molecule has 120 valence electrons. The molecule has 0 bridgehead atoms. The first-order valence-corrected chi connectivity index (χ1v) is 8.61. The maximum absolute atomic E-state index is 11.5. The van der Waals surface area contributed by atoms with E-state index in [0.717, 1.165) is 40.4 Å². The fourth-order valence-corrected chi connectivity index (χ4v) is 3.72. The van der Waals surface area contributed by atoms with Crippen molar-refractivity contribution < 1.29 is 4.79 Å². The van der Waals surface area contributed by atoms with Gasteiger partial charge in [0, 0.05) is 18.2 Å². The van der Waals surface area contributed by atoms with Crippen LogP contribution in [0.4, 0.5) is 11.5 Å². The van der Waals surface area contributed by atoms with Crippen molar-refractivity contribution in [2.45, 2.75) is 19.8 Å². The van der Waals surface area contributed by atoms with Gasteiger partial charge in [-0.25, -0.2) is 9.97 Å². The summed E-state index contributed by atoms with van der Waals surface area (Å²) in [6, 6.07) is 9.86. The molecule has 1 amide bonds. The standard InChI is InChI=1S/C18H16N4OS/c1-10(23)20-18-17(15-3-2-8-24-15)22-16-13-6-5-12(19)9-11(13)4-7-14(16)21-18/h2-3,5-6,8-9H,4,7,19H2,1H3,(H,20,21,23). The Balaban J connectivity index is 1.93. The molecule has 5 nitrogen and oxygen atoms in total. The van der Waals surface area contributed by atoms with Crippen molar-refractivity contribution in [3.8, 4) is 21.8 Å². The smallest absolute Gasteiger partial charge is 0.222 e. The van der Waals surface area contributed by atoms with E-state index in [4.69, 9.17) is 15.7 Å². The molecule has 0 aliphatic heterocycles. The van der Waals surface area contributed by atoms with E-state index < -0.39 is 0 Å². The molecular weight excluding hydrogens is 320 g/mol. The lowest BCUT2D eigenvalue weighted by Crippen LogP contribution is -2.15. The number of rotatable bonds is 2. The maximum atomic E-state index is 11.5. The fourth-order valence-electron chi connectivity index (χ4n) is 3.00. The van der Waals surface area contributed by atoms with E-state index in [0.29, 0.717) is 11.5 Å². The number of nitrogens with zero attached hydrogens (tertiary/aromatic N) is 2. The Morgan fingerprint density at radius 3 is 2.83 bits per heavy atom. The summed E-state index contributed by atoms with van der Waals surface area (Å²) >= 11 is 1.58. The molecule has 0 saturated heterocycles. The first kappa shape index (κ1) is 14.8. The molecule has 2 heterocycles. The molecule has 0 unspecified atom stereocenters. The van der Waals surface area contributed by atoms with E-state index in [-0.39, 0.29) is 5.91 Å². The highest BCUT2D eigenvalue weighted by atomic mass is 32.1. The van der Waals surface area contributed by atoms with E-state index >= 15 is 0 Å². The van der Waals surface area contributed by atoms with Gasteiger partial charge in [-0.3, -0.25) is 4.79 Å². The number of anilines is 2. The molecule has 3 aromatic rings. The second kappa shape index (κ2) is 5.72. The van der Waals surface area contributed by atoms with Gasteiger partial charge in [0.1, 0.15) is 5.69 Å². The largest absolute Gasteiger partial charge is 0.399 e. The molecular formula is C18H16N4OS. The van der Waals surface area contributed by atoms with Gasteiger partial charge in [0.25, 0.3) is 0 Å². The summed E-state index contributed by atoms with van der Waals surface area (Å²) in [5.74, 6) is 0.383. The summed E-state index contributed by atoms with van der Waals surface area (Å²) in [6.07, 6.45) is 1.66. The molecule has 1 aliphatic carbocycles. The number of nitrogens with one attached hydrogen (secondary N) is 1. The Morgan fingerprint density at radius 2 is 2.08 bits per heavy atom. The minimum absolute atomic E-state index is 0.147. The van der Waals surface area contributed by atoms with Crippen LogP contribution in [0.1, 0.15) is 18.2 Å². The Bertz CT molecular complexity index is 934. The topological polar surface area (TPSA) is 80.9 Å². The van der Waals surface area contributed by atoms with Gasteiger partial charge in [0.05, 0.1) is 16.3 Å². The molecule has 2 aromatic heterocycles. The van der Waals surface area contributed by atoms with Crippen LogP contribution in [0.15, 0.2) is 35.7 Å². The number of hydrogen-bond donors (Lipinski definition) is 2. The normalized spacial score (nSPS) is 12.4. The van der Waals surface area contributed by atoms with Gasteiger partial charge < -0.3 is 11.1 Å². The number of hydrogen-bond acceptors (Lipinski definition) is 5. The van der Waals surface area contributed by atoms with Crippen LogP contribution >= 0.6 is 11.3 Å². The number of benzene rings is 1. The Morgan fingerprint density at radius 1 is 1.21 bits per heavy atom. The molecule has 0 saturated carbocycles. The van der Waals surface area contributed by atoms with Crippen LogP contribution in [0.3, 0.4) is 0 Å². The first-order valence-electron chi connectivity index (χ1n) is 7.73. The number of carbonyl (C=O) groups is 1. The number of nitrogen functional groups attached to an aromatic ring is 1. The highest BCUT2D eigenvalue weighted by molar-refractivity contribution is 7.13. The van der Waals surface area contributed by atoms with Crippen molar-refractivity contribution in [1.82, 2.24) is 9.97 Å². The first-order chi connectivity index (χ1) is 11.6. The fraction of sp³-hybridized carbons (Fsp3) is 0.167. The van der Waals surface area contributed by atoms with Crippen molar-refractivity contribution >= 4 is 28.7 Å². The zero-order valence-electron chi connectivity index (χ0n) is 13.2. The minimum atomic E-state index is -0.147. The van der Waals surface area contributed by atoms with Gasteiger partial charge in [-0.15, -0.1) is 11.3 Å². The highest BCUT2D eigenvalue weighted by Crippen LogP contribution is 2.37. The summed E-state index contributed by atoms with van der Waals surface area (Å²) in [5, 5.41) is 4.81. The van der Waals surface area contributed by atoms with Crippen molar-refractivity contribution in [2.75, 3.05) is 11.1 Å². The van der Waals surface area contributed by atoms with Gasteiger partial charge in [-0.05, 0) is 42.0 Å². The van der Waals surface area contributed by atoms with Crippen molar-refractivity contribution in [2.24, 2.45) is 0 Å². The lowest BCUT2D eigenvalue weighted by Gasteiger charge is -2.20. The van der Waals surface area contributed by atoms with E-state index in [1.165, 1.54) is 12.5 Å². The van der Waals surface area contributed by atoms with Crippen LogP contribution in [-0.2, 0) is 17.6 Å². The highest BCUT2D eigenvalue weighted by Gasteiger charge is 2.23. The van der Waals surface area contributed by atoms with E-state index in [2.05, 4.69) is 5.32 Å². The van der Waals surface area contributed by atoms with Gasteiger partial charge >= 0.3 is 0 Å². The molecule has 0 spiro atoms. The maximum Gasteiger partial charge on any atom is 0.222 e. The van der Waals surface area contributed by atoms with E-state index in [1.54, 1.807) is 11.3 Å². The lowest BCUT2D eigenvalue weighted by atomic mass is 9.91. The van der Waals surface area contributed by atoms with Crippen LogP contribution in [0, 0.1) is 0 Å². The molecule has 0 radical (unpaired) electrons. The van der Waals surface area contributed by atoms with Crippen LogP contribution in [0.25, 0.3) is 21.8 Å². The number of aryl methyl sites for hydroxylation is 2. The number of aromatic nitrogens is 2. The monoisotopic (exact) mass is 336 g/mol. The summed E-state index contributed by atoms with van der Waals surface area (Å²) in [4.78, 5) is 22.1. The molecule has 6 heteroatoms. The summed E-state index contributed by atoms with van der Waals surface area (Å²) in [7, 11) is 0. The second-order valence-corrected chi connectivity index (χ2v) is 6.74. The Kier molecular flexibility index (Phi) is 3.54. The second-order valence-electron chi connectivity index (χ2n) is 5.79. The van der Waals surface area contributed by atoms with Crippen molar-refractivity contribution in [3.05, 3.63) is 47.0 Å². The van der Waals surface area contributed by atoms with Gasteiger partial charge in [0.2, 0.25) is 5.91 Å². The van der Waals surface area contributed by atoms with Crippen LogP contribution in [0.5, 0.6) is 0 Å². The molecule has 24 heavy (non-hydrogen) atoms. The minimum Gasteiger partial charge on any atom is -0.399 e. The summed E-state index contributed by atoms with van der Waals surface area (Å²) < 4.78 is 0. The Hall–Kier alpha value is -2.73. The third-order valence-electron chi connectivity index (χ3n) is 4.03. The van der Waals surface area contributed by atoms with E-state index in [1.807, 2.05) is 35.7 Å². The third-order valence-corrected chi connectivity index (χ3v) is 4.91. The molecule has 1 aromatic carbocycles. The average Bonchev–Trinajstić information content (AvgIpc) is 3.07.